The van der Waals surface area contributed by atoms with Gasteiger partial charge < -0.3 is 19.2 Å². The van der Waals surface area contributed by atoms with E-state index in [2.05, 4.69) is 10.3 Å². The van der Waals surface area contributed by atoms with Crippen LogP contribution in [-0.2, 0) is 4.79 Å². The highest BCUT2D eigenvalue weighted by atomic mass is 35.5. The molecule has 162 valence electrons. The fourth-order valence-corrected chi connectivity index (χ4v) is 3.61. The molecular formula is C25H21ClN2O4. The number of allylic oxidation sites excluding steroid dienone is 1. The van der Waals surface area contributed by atoms with Gasteiger partial charge in [-0.15, -0.1) is 0 Å². The van der Waals surface area contributed by atoms with Crippen molar-refractivity contribution in [1.82, 2.24) is 4.98 Å². The first-order valence-corrected chi connectivity index (χ1v) is 10.2. The minimum Gasteiger partial charge on any atom is -0.496 e. The molecule has 2 aromatic heterocycles. The number of anilines is 1. The minimum absolute atomic E-state index is 0.309. The van der Waals surface area contributed by atoms with E-state index in [1.807, 2.05) is 43.3 Å². The third-order valence-corrected chi connectivity index (χ3v) is 5.27. The van der Waals surface area contributed by atoms with Crippen LogP contribution in [-0.4, -0.2) is 25.1 Å². The fourth-order valence-electron chi connectivity index (χ4n) is 3.49. The quantitative estimate of drug-likeness (QED) is 0.355. The van der Waals surface area contributed by atoms with E-state index in [1.54, 1.807) is 32.6 Å². The van der Waals surface area contributed by atoms with Crippen molar-refractivity contribution in [3.05, 3.63) is 77.7 Å². The molecule has 0 aliphatic rings. The van der Waals surface area contributed by atoms with Crippen LogP contribution in [0.3, 0.4) is 0 Å². The number of carbonyl (C=O) groups is 1. The number of benzene rings is 2. The molecule has 1 N–H and O–H groups in total. The van der Waals surface area contributed by atoms with Gasteiger partial charge in [0.05, 0.1) is 25.5 Å². The van der Waals surface area contributed by atoms with E-state index in [0.29, 0.717) is 22.2 Å². The van der Waals surface area contributed by atoms with Crippen molar-refractivity contribution >= 4 is 39.9 Å². The van der Waals surface area contributed by atoms with Crippen LogP contribution in [0.1, 0.15) is 12.5 Å². The van der Waals surface area contributed by atoms with Gasteiger partial charge in [0.2, 0.25) is 5.91 Å². The zero-order valence-electron chi connectivity index (χ0n) is 17.8. The van der Waals surface area contributed by atoms with E-state index >= 15 is 0 Å². The Kier molecular flexibility index (Phi) is 6.14. The summed E-state index contributed by atoms with van der Waals surface area (Å²) < 4.78 is 16.9. The molecule has 0 spiro atoms. The molecule has 0 aliphatic heterocycles. The largest absolute Gasteiger partial charge is 0.496 e. The Bertz CT molecular complexity index is 1310. The monoisotopic (exact) mass is 448 g/mol. The van der Waals surface area contributed by atoms with Crippen molar-refractivity contribution < 1.29 is 18.7 Å². The molecule has 0 unspecified atom stereocenters. The maximum Gasteiger partial charge on any atom is 0.249 e. The summed E-state index contributed by atoms with van der Waals surface area (Å²) in [6.07, 6.45) is 4.68. The highest BCUT2D eigenvalue weighted by Crippen LogP contribution is 2.40. The number of amides is 1. The number of pyridine rings is 1. The number of hydrogen-bond acceptors (Lipinski definition) is 5. The number of nitrogens with one attached hydrogen (secondary N) is 1. The van der Waals surface area contributed by atoms with Crippen LogP contribution >= 0.6 is 11.6 Å². The summed E-state index contributed by atoms with van der Waals surface area (Å²) in [5, 5.41) is 4.12. The predicted octanol–water partition coefficient (Wildman–Crippen LogP) is 6.21. The molecule has 0 fully saturated rings. The van der Waals surface area contributed by atoms with E-state index < -0.39 is 0 Å². The third kappa shape index (κ3) is 4.31. The van der Waals surface area contributed by atoms with E-state index in [4.69, 9.17) is 25.5 Å². The summed E-state index contributed by atoms with van der Waals surface area (Å²) in [5.41, 5.74) is 3.98. The second-order valence-corrected chi connectivity index (χ2v) is 7.51. The van der Waals surface area contributed by atoms with Crippen LogP contribution in [0.5, 0.6) is 11.5 Å². The Morgan fingerprint density at radius 2 is 1.84 bits per heavy atom. The minimum atomic E-state index is -0.309. The van der Waals surface area contributed by atoms with Gasteiger partial charge in [-0.2, -0.15) is 0 Å². The molecule has 4 aromatic rings. The molecule has 2 heterocycles. The predicted molar refractivity (Wildman–Crippen MR) is 126 cm³/mol. The van der Waals surface area contributed by atoms with Crippen LogP contribution < -0.4 is 14.8 Å². The standard InChI is InChI=1S/C25H21ClN2O4/c1-15(10-25(29)28-24-9-8-16(26)13-27-24)18-11-19-20(14-32-23(19)12-22(18)31-3)17-6-4-5-7-21(17)30-2/h4-14H,1-3H3,(H,27,28,29)/b15-10+. The second-order valence-electron chi connectivity index (χ2n) is 7.08. The second kappa shape index (κ2) is 9.16. The Morgan fingerprint density at radius 1 is 1.06 bits per heavy atom. The van der Waals surface area contributed by atoms with Crippen molar-refractivity contribution in [2.45, 2.75) is 6.92 Å². The van der Waals surface area contributed by atoms with Crippen molar-refractivity contribution in [2.24, 2.45) is 0 Å². The van der Waals surface area contributed by atoms with Gasteiger partial charge in [-0.05, 0) is 36.8 Å². The Morgan fingerprint density at radius 3 is 2.56 bits per heavy atom. The summed E-state index contributed by atoms with van der Waals surface area (Å²) >= 11 is 5.84. The molecule has 0 bridgehead atoms. The van der Waals surface area contributed by atoms with Gasteiger partial charge in [0.1, 0.15) is 22.9 Å². The van der Waals surface area contributed by atoms with Crippen molar-refractivity contribution in [3.8, 4) is 22.6 Å². The number of furan rings is 1. The summed E-state index contributed by atoms with van der Waals surface area (Å²) in [6, 6.07) is 14.8. The molecule has 0 aliphatic carbocycles. The lowest BCUT2D eigenvalue weighted by Gasteiger charge is -2.11. The average molecular weight is 449 g/mol. The van der Waals surface area contributed by atoms with Crippen molar-refractivity contribution in [2.75, 3.05) is 19.5 Å². The summed E-state index contributed by atoms with van der Waals surface area (Å²) in [5.74, 6) is 1.45. The van der Waals surface area contributed by atoms with Crippen LogP contribution in [0.25, 0.3) is 27.7 Å². The van der Waals surface area contributed by atoms with Gasteiger partial charge in [0.15, 0.2) is 0 Å². The molecule has 0 atom stereocenters. The van der Waals surface area contributed by atoms with Gasteiger partial charge in [-0.3, -0.25) is 4.79 Å². The van der Waals surface area contributed by atoms with E-state index in [-0.39, 0.29) is 5.91 Å². The van der Waals surface area contributed by atoms with Crippen molar-refractivity contribution in [1.29, 1.82) is 0 Å². The molecule has 0 radical (unpaired) electrons. The molecule has 2 aromatic carbocycles. The fraction of sp³-hybridized carbons (Fsp3) is 0.120. The van der Waals surface area contributed by atoms with Crippen LogP contribution in [0, 0.1) is 0 Å². The molecular weight excluding hydrogens is 428 g/mol. The van der Waals surface area contributed by atoms with Crippen LogP contribution in [0.15, 0.2) is 71.5 Å². The molecule has 0 saturated heterocycles. The number of aromatic nitrogens is 1. The Balaban J connectivity index is 1.73. The lowest BCUT2D eigenvalue weighted by molar-refractivity contribution is -0.111. The number of para-hydroxylation sites is 1. The summed E-state index contributed by atoms with van der Waals surface area (Å²) in [4.78, 5) is 16.6. The molecule has 4 rings (SSSR count). The van der Waals surface area contributed by atoms with Crippen LogP contribution in [0.2, 0.25) is 5.02 Å². The first-order valence-electron chi connectivity index (χ1n) is 9.84. The zero-order valence-corrected chi connectivity index (χ0v) is 18.6. The van der Waals surface area contributed by atoms with Gasteiger partial charge >= 0.3 is 0 Å². The first-order chi connectivity index (χ1) is 15.5. The maximum atomic E-state index is 12.5. The molecule has 32 heavy (non-hydrogen) atoms. The number of rotatable bonds is 6. The van der Waals surface area contributed by atoms with E-state index in [1.165, 1.54) is 12.3 Å². The van der Waals surface area contributed by atoms with Gasteiger partial charge in [-0.25, -0.2) is 4.98 Å². The summed E-state index contributed by atoms with van der Waals surface area (Å²) in [6.45, 7) is 1.85. The summed E-state index contributed by atoms with van der Waals surface area (Å²) in [7, 11) is 3.22. The van der Waals surface area contributed by atoms with Gasteiger partial charge in [0, 0.05) is 40.4 Å². The normalized spacial score (nSPS) is 11.4. The highest BCUT2D eigenvalue weighted by Gasteiger charge is 2.17. The van der Waals surface area contributed by atoms with Crippen molar-refractivity contribution in [3.63, 3.8) is 0 Å². The SMILES string of the molecule is COc1cc2occ(-c3ccccc3OC)c2cc1/C(C)=C/C(=O)Nc1ccc(Cl)cn1. The van der Waals surface area contributed by atoms with Gasteiger partial charge in [0.25, 0.3) is 0 Å². The number of fused-ring (bicyclic) bond motifs is 1. The lowest BCUT2D eigenvalue weighted by atomic mass is 9.99. The number of nitrogens with zero attached hydrogens (tertiary/aromatic N) is 1. The molecule has 6 nitrogen and oxygen atoms in total. The van der Waals surface area contributed by atoms with Gasteiger partial charge in [-0.1, -0.05) is 29.8 Å². The molecule has 7 heteroatoms. The number of methoxy groups -OCH3 is 2. The molecule has 0 saturated carbocycles. The van der Waals surface area contributed by atoms with E-state index in [0.717, 1.165) is 33.4 Å². The maximum absolute atomic E-state index is 12.5. The third-order valence-electron chi connectivity index (χ3n) is 5.04. The van der Waals surface area contributed by atoms with Crippen LogP contribution in [0.4, 0.5) is 5.82 Å². The topological polar surface area (TPSA) is 73.6 Å². The average Bonchev–Trinajstić information content (AvgIpc) is 3.22. The first kappa shape index (κ1) is 21.5. The Hall–Kier alpha value is -3.77. The van der Waals surface area contributed by atoms with E-state index in [9.17, 15) is 4.79 Å². The number of hydrogen-bond donors (Lipinski definition) is 1. The zero-order chi connectivity index (χ0) is 22.7. The smallest absolute Gasteiger partial charge is 0.249 e. The Labute approximate surface area is 190 Å². The highest BCUT2D eigenvalue weighted by molar-refractivity contribution is 6.30. The number of carbonyl (C=O) groups excluding carboxylic acids is 1. The molecule has 1 amide bonds. The number of halogens is 1. The lowest BCUT2D eigenvalue weighted by Crippen LogP contribution is -2.09. The number of ether oxygens (including phenoxy) is 2.